The van der Waals surface area contributed by atoms with Crippen molar-refractivity contribution in [3.8, 4) is 5.75 Å². The summed E-state index contributed by atoms with van der Waals surface area (Å²) in [5, 5.41) is 6.26. The molecule has 1 aliphatic heterocycles. The first-order valence-corrected chi connectivity index (χ1v) is 10.7. The highest BCUT2D eigenvalue weighted by molar-refractivity contribution is 7.89. The molecule has 0 bridgehead atoms. The number of ether oxygens (including phenoxy) is 1. The SMILES string of the molecule is NS(=O)(=O)c1ccc(C2=C(c3ccc(Cl)cc3Cl)Cc3ccccc3O2)cc1. The number of nitrogens with two attached hydrogens (primary N) is 1. The summed E-state index contributed by atoms with van der Waals surface area (Å²) in [5.41, 5.74) is 3.46. The van der Waals surface area contributed by atoms with E-state index in [4.69, 9.17) is 33.1 Å². The van der Waals surface area contributed by atoms with Crippen molar-refractivity contribution in [3.63, 3.8) is 0 Å². The lowest BCUT2D eigenvalue weighted by atomic mass is 9.92. The number of hydrogen-bond donors (Lipinski definition) is 1. The normalized spacial score (nSPS) is 13.8. The van der Waals surface area contributed by atoms with Crippen molar-refractivity contribution >= 4 is 44.6 Å². The van der Waals surface area contributed by atoms with Gasteiger partial charge in [0.1, 0.15) is 11.5 Å². The van der Waals surface area contributed by atoms with E-state index in [9.17, 15) is 8.42 Å². The van der Waals surface area contributed by atoms with Gasteiger partial charge in [-0.1, -0.05) is 47.5 Å². The van der Waals surface area contributed by atoms with E-state index in [0.717, 1.165) is 28.0 Å². The molecule has 0 saturated heterocycles. The third-order valence-electron chi connectivity index (χ3n) is 4.53. The Balaban J connectivity index is 1.89. The molecule has 1 heterocycles. The molecule has 0 atom stereocenters. The molecule has 142 valence electrons. The number of hydrogen-bond acceptors (Lipinski definition) is 3. The Morgan fingerprint density at radius 3 is 2.32 bits per heavy atom. The van der Waals surface area contributed by atoms with Crippen LogP contribution in [0.5, 0.6) is 5.75 Å². The molecule has 0 fully saturated rings. The van der Waals surface area contributed by atoms with E-state index >= 15 is 0 Å². The first-order chi connectivity index (χ1) is 13.3. The van der Waals surface area contributed by atoms with Gasteiger partial charge in [0.15, 0.2) is 0 Å². The summed E-state index contributed by atoms with van der Waals surface area (Å²) in [4.78, 5) is 0.0409. The first kappa shape index (κ1) is 19.0. The molecule has 0 amide bonds. The highest BCUT2D eigenvalue weighted by Crippen LogP contribution is 2.41. The first-order valence-electron chi connectivity index (χ1n) is 8.40. The molecule has 0 spiro atoms. The molecule has 28 heavy (non-hydrogen) atoms. The highest BCUT2D eigenvalue weighted by Gasteiger charge is 2.24. The number of halogens is 2. The average Bonchev–Trinajstić information content (AvgIpc) is 2.66. The molecule has 2 N–H and O–H groups in total. The molecule has 7 heteroatoms. The molecule has 3 aromatic rings. The van der Waals surface area contributed by atoms with Gasteiger partial charge in [-0.15, -0.1) is 0 Å². The van der Waals surface area contributed by atoms with E-state index in [1.807, 2.05) is 30.3 Å². The quantitative estimate of drug-likeness (QED) is 0.623. The summed E-state index contributed by atoms with van der Waals surface area (Å²) in [6.45, 7) is 0. The van der Waals surface area contributed by atoms with Crippen LogP contribution in [0.2, 0.25) is 10.0 Å². The van der Waals surface area contributed by atoms with E-state index in [1.54, 1.807) is 24.3 Å². The van der Waals surface area contributed by atoms with Gasteiger partial charge in [-0.25, -0.2) is 13.6 Å². The van der Waals surface area contributed by atoms with Gasteiger partial charge in [0.25, 0.3) is 0 Å². The summed E-state index contributed by atoms with van der Waals surface area (Å²) in [5.74, 6) is 1.37. The fraction of sp³-hybridized carbons (Fsp3) is 0.0476. The average molecular weight is 432 g/mol. The van der Waals surface area contributed by atoms with Gasteiger partial charge in [0, 0.05) is 33.2 Å². The molecule has 4 nitrogen and oxygen atoms in total. The Labute approximate surface area is 173 Å². The Morgan fingerprint density at radius 1 is 0.929 bits per heavy atom. The number of allylic oxidation sites excluding steroid dienone is 1. The Morgan fingerprint density at radius 2 is 1.64 bits per heavy atom. The molecule has 0 radical (unpaired) electrons. The number of sulfonamides is 1. The zero-order chi connectivity index (χ0) is 19.9. The molecule has 0 aromatic heterocycles. The minimum atomic E-state index is -3.77. The fourth-order valence-electron chi connectivity index (χ4n) is 3.17. The third-order valence-corrected chi connectivity index (χ3v) is 6.00. The van der Waals surface area contributed by atoms with E-state index < -0.39 is 10.0 Å². The van der Waals surface area contributed by atoms with Gasteiger partial charge < -0.3 is 4.74 Å². The monoisotopic (exact) mass is 431 g/mol. The van der Waals surface area contributed by atoms with Gasteiger partial charge in [0.2, 0.25) is 10.0 Å². The van der Waals surface area contributed by atoms with Crippen LogP contribution in [0.1, 0.15) is 16.7 Å². The van der Waals surface area contributed by atoms with Crippen molar-refractivity contribution < 1.29 is 13.2 Å². The van der Waals surface area contributed by atoms with E-state index in [1.165, 1.54) is 12.1 Å². The van der Waals surface area contributed by atoms with E-state index in [2.05, 4.69) is 0 Å². The largest absolute Gasteiger partial charge is 0.456 e. The van der Waals surface area contributed by atoms with Crippen LogP contribution in [0.25, 0.3) is 11.3 Å². The zero-order valence-corrected chi connectivity index (χ0v) is 16.9. The predicted molar refractivity (Wildman–Crippen MR) is 112 cm³/mol. The van der Waals surface area contributed by atoms with Gasteiger partial charge in [-0.2, -0.15) is 0 Å². The van der Waals surface area contributed by atoms with Crippen molar-refractivity contribution in [2.24, 2.45) is 5.14 Å². The van der Waals surface area contributed by atoms with Crippen LogP contribution >= 0.6 is 23.2 Å². The second kappa shape index (κ2) is 7.26. The van der Waals surface area contributed by atoms with Crippen LogP contribution in [-0.2, 0) is 16.4 Å². The number of benzene rings is 3. The maximum Gasteiger partial charge on any atom is 0.238 e. The summed E-state index contributed by atoms with van der Waals surface area (Å²) < 4.78 is 29.3. The Bertz CT molecular complexity index is 1200. The van der Waals surface area contributed by atoms with E-state index in [-0.39, 0.29) is 4.90 Å². The lowest BCUT2D eigenvalue weighted by Gasteiger charge is -2.25. The molecular formula is C21H15Cl2NO3S. The lowest BCUT2D eigenvalue weighted by molar-refractivity contribution is 0.502. The second-order valence-corrected chi connectivity index (χ2v) is 8.79. The minimum Gasteiger partial charge on any atom is -0.456 e. The van der Waals surface area contributed by atoms with Gasteiger partial charge in [0.05, 0.1) is 4.90 Å². The van der Waals surface area contributed by atoms with Crippen LogP contribution in [0.15, 0.2) is 71.6 Å². The van der Waals surface area contributed by atoms with Crippen LogP contribution in [0.4, 0.5) is 0 Å². The van der Waals surface area contributed by atoms with Crippen LogP contribution < -0.4 is 9.88 Å². The highest BCUT2D eigenvalue weighted by atomic mass is 35.5. The minimum absolute atomic E-state index is 0.0409. The maximum atomic E-state index is 11.6. The van der Waals surface area contributed by atoms with Crippen molar-refractivity contribution in [1.29, 1.82) is 0 Å². The van der Waals surface area contributed by atoms with Crippen LogP contribution in [0.3, 0.4) is 0 Å². The third kappa shape index (κ3) is 3.66. The van der Waals surface area contributed by atoms with Crippen molar-refractivity contribution in [2.75, 3.05) is 0 Å². The lowest BCUT2D eigenvalue weighted by Crippen LogP contribution is -2.13. The topological polar surface area (TPSA) is 69.4 Å². The molecule has 0 aliphatic carbocycles. The molecule has 1 aliphatic rings. The molecule has 3 aromatic carbocycles. The van der Waals surface area contributed by atoms with Crippen molar-refractivity contribution in [3.05, 3.63) is 93.5 Å². The van der Waals surface area contributed by atoms with Crippen LogP contribution in [0, 0.1) is 0 Å². The number of primary sulfonamides is 1. The van der Waals surface area contributed by atoms with Gasteiger partial charge in [-0.3, -0.25) is 0 Å². The number of fused-ring (bicyclic) bond motifs is 1. The summed E-state index contributed by atoms with van der Waals surface area (Å²) in [7, 11) is -3.77. The van der Waals surface area contributed by atoms with Crippen molar-refractivity contribution in [1.82, 2.24) is 0 Å². The standard InChI is InChI=1S/C21H15Cl2NO3S/c22-15-7-10-17(19(23)12-15)18-11-14-3-1-2-4-20(14)27-21(18)13-5-8-16(9-6-13)28(24,25)26/h1-10,12H,11H2,(H2,24,25,26). The number of para-hydroxylation sites is 1. The van der Waals surface area contributed by atoms with Crippen molar-refractivity contribution in [2.45, 2.75) is 11.3 Å². The second-order valence-electron chi connectivity index (χ2n) is 6.39. The van der Waals surface area contributed by atoms with Gasteiger partial charge >= 0.3 is 0 Å². The maximum absolute atomic E-state index is 11.6. The summed E-state index contributed by atoms with van der Waals surface area (Å²) in [6, 6.07) is 19.3. The Hall–Kier alpha value is -2.31. The predicted octanol–water partition coefficient (Wildman–Crippen LogP) is 5.14. The van der Waals surface area contributed by atoms with E-state index in [0.29, 0.717) is 22.2 Å². The fourth-order valence-corrected chi connectivity index (χ4v) is 4.21. The smallest absolute Gasteiger partial charge is 0.238 e. The van der Waals surface area contributed by atoms with Gasteiger partial charge in [-0.05, 0) is 48.0 Å². The van der Waals surface area contributed by atoms with Crippen LogP contribution in [-0.4, -0.2) is 8.42 Å². The molecule has 4 rings (SSSR count). The number of rotatable bonds is 3. The molecular weight excluding hydrogens is 417 g/mol. The zero-order valence-electron chi connectivity index (χ0n) is 14.5. The Kier molecular flexibility index (Phi) is 4.93. The molecule has 0 saturated carbocycles. The summed E-state index contributed by atoms with van der Waals surface area (Å²) >= 11 is 12.5. The summed E-state index contributed by atoms with van der Waals surface area (Å²) in [6.07, 6.45) is 0.615. The molecule has 0 unspecified atom stereocenters.